The van der Waals surface area contributed by atoms with Crippen LogP contribution in [0.25, 0.3) is 0 Å². The molecule has 0 radical (unpaired) electrons. The van der Waals surface area contributed by atoms with Gasteiger partial charge >= 0.3 is 37.4 Å². The molecule has 0 aromatic heterocycles. The van der Waals surface area contributed by atoms with Crippen molar-refractivity contribution in [3.05, 3.63) is 71.8 Å². The molecule has 0 fully saturated rings. The van der Waals surface area contributed by atoms with Crippen LogP contribution in [0.5, 0.6) is 0 Å². The minimum absolute atomic E-state index is 0. The quantitative estimate of drug-likeness (QED) is 0.611. The van der Waals surface area contributed by atoms with Gasteiger partial charge in [-0.05, 0) is 11.1 Å². The molecule has 0 spiro atoms. The zero-order valence-corrected chi connectivity index (χ0v) is 14.1. The third kappa shape index (κ3) is 5.90. The predicted molar refractivity (Wildman–Crippen MR) is 73.6 cm³/mol. The van der Waals surface area contributed by atoms with E-state index in [-0.39, 0.29) is 31.0 Å². The van der Waals surface area contributed by atoms with Crippen LogP contribution >= 0.6 is 7.82 Å². The number of hydrogen-bond donors (Lipinski definition) is 2. The number of rotatable bonds is 5. The molecule has 0 amide bonds. The van der Waals surface area contributed by atoms with E-state index < -0.39 is 13.9 Å². The van der Waals surface area contributed by atoms with Crippen LogP contribution in [0.2, 0.25) is 0 Å². The molecule has 2 N–H and O–H groups in total. The molecule has 0 aliphatic heterocycles. The number of benzene rings is 2. The van der Waals surface area contributed by atoms with E-state index in [0.717, 1.165) is 11.1 Å². The molecule has 6 heteroatoms. The fourth-order valence-corrected chi connectivity index (χ4v) is 2.41. The van der Waals surface area contributed by atoms with Crippen LogP contribution in [0, 0.1) is 0 Å². The van der Waals surface area contributed by atoms with Crippen molar-refractivity contribution in [2.75, 3.05) is 0 Å². The molecule has 2 aromatic carbocycles. The van der Waals surface area contributed by atoms with Crippen molar-refractivity contribution in [2.45, 2.75) is 12.5 Å². The minimum atomic E-state index is -4.52. The molecule has 1 atom stereocenters. The minimum Gasteiger partial charge on any atom is -1.00 e. The summed E-state index contributed by atoms with van der Waals surface area (Å²) in [6.07, 6.45) is -0.250. The zero-order chi connectivity index (χ0) is 13.7. The van der Waals surface area contributed by atoms with Crippen molar-refractivity contribution in [1.29, 1.82) is 0 Å². The Kier molecular flexibility index (Phi) is 7.13. The van der Waals surface area contributed by atoms with Crippen LogP contribution in [0.15, 0.2) is 60.7 Å². The van der Waals surface area contributed by atoms with Crippen LogP contribution in [0.3, 0.4) is 0 Å². The second-order valence-corrected chi connectivity index (χ2v) is 5.38. The van der Waals surface area contributed by atoms with Crippen molar-refractivity contribution in [2.24, 2.45) is 0 Å². The second-order valence-electron chi connectivity index (χ2n) is 4.19. The van der Waals surface area contributed by atoms with Gasteiger partial charge in [-0.3, -0.25) is 4.52 Å². The molecule has 0 aliphatic carbocycles. The fourth-order valence-electron chi connectivity index (χ4n) is 1.88. The Bertz CT molecular complexity index is 562. The van der Waals surface area contributed by atoms with E-state index in [1.54, 1.807) is 12.1 Å². The van der Waals surface area contributed by atoms with Gasteiger partial charge in [0.15, 0.2) is 0 Å². The SMILES string of the molecule is O=P(O)(O)OC(Cc1ccccc1)c1ccccc1.[H-].[Na+]. The average molecular weight is 302 g/mol. The summed E-state index contributed by atoms with van der Waals surface area (Å²) < 4.78 is 16.0. The van der Waals surface area contributed by atoms with E-state index in [4.69, 9.17) is 14.3 Å². The molecule has 0 saturated carbocycles. The molecular formula is C14H16NaO4P. The van der Waals surface area contributed by atoms with Crippen LogP contribution in [-0.2, 0) is 15.5 Å². The van der Waals surface area contributed by atoms with Gasteiger partial charge in [0.05, 0.1) is 6.10 Å². The maximum atomic E-state index is 11.1. The normalized spacial score (nSPS) is 12.5. The van der Waals surface area contributed by atoms with Crippen molar-refractivity contribution in [1.82, 2.24) is 0 Å². The molecule has 2 aromatic rings. The average Bonchev–Trinajstić information content (AvgIpc) is 2.39. The Morgan fingerprint density at radius 1 is 1.00 bits per heavy atom. The molecule has 1 unspecified atom stereocenters. The molecule has 102 valence electrons. The van der Waals surface area contributed by atoms with Gasteiger partial charge in [-0.2, -0.15) is 0 Å². The third-order valence-corrected chi connectivity index (χ3v) is 3.23. The van der Waals surface area contributed by atoms with E-state index in [1.807, 2.05) is 48.5 Å². The van der Waals surface area contributed by atoms with Crippen LogP contribution < -0.4 is 29.6 Å². The first-order valence-electron chi connectivity index (χ1n) is 5.87. The summed E-state index contributed by atoms with van der Waals surface area (Å²) >= 11 is 0. The molecular weight excluding hydrogens is 286 g/mol. The number of phosphoric acid groups is 1. The topological polar surface area (TPSA) is 66.8 Å². The number of phosphoric ester groups is 1. The second kappa shape index (κ2) is 8.11. The van der Waals surface area contributed by atoms with E-state index in [1.165, 1.54) is 0 Å². The van der Waals surface area contributed by atoms with Crippen LogP contribution in [0.1, 0.15) is 18.7 Å². The first-order chi connectivity index (χ1) is 9.04. The van der Waals surface area contributed by atoms with Gasteiger partial charge in [-0.15, -0.1) is 0 Å². The molecule has 4 nitrogen and oxygen atoms in total. The monoisotopic (exact) mass is 302 g/mol. The van der Waals surface area contributed by atoms with Gasteiger partial charge < -0.3 is 11.2 Å². The number of hydrogen-bond acceptors (Lipinski definition) is 2. The van der Waals surface area contributed by atoms with Crippen LogP contribution in [0.4, 0.5) is 0 Å². The summed E-state index contributed by atoms with van der Waals surface area (Å²) in [6.45, 7) is 0. The molecule has 0 saturated heterocycles. The molecule has 0 bridgehead atoms. The standard InChI is InChI=1S/C14H15O4P.Na.H/c15-19(16,17)18-14(13-9-5-2-6-10-13)11-12-7-3-1-4-8-12;;/h1-10,14H,11H2,(H2,15,16,17);;/q;+1;-1. The summed E-state index contributed by atoms with van der Waals surface area (Å²) in [4.78, 5) is 18.0. The molecule has 0 aliphatic rings. The van der Waals surface area contributed by atoms with Crippen molar-refractivity contribution < 1.29 is 49.9 Å². The Hall–Kier alpha value is -0.450. The van der Waals surface area contributed by atoms with E-state index >= 15 is 0 Å². The Morgan fingerprint density at radius 3 is 2.00 bits per heavy atom. The summed E-state index contributed by atoms with van der Waals surface area (Å²) in [5, 5.41) is 0. The summed E-state index contributed by atoms with van der Waals surface area (Å²) in [6, 6.07) is 18.5. The first kappa shape index (κ1) is 17.6. The van der Waals surface area contributed by atoms with Gasteiger partial charge in [0.2, 0.25) is 0 Å². The van der Waals surface area contributed by atoms with E-state index in [2.05, 4.69) is 0 Å². The van der Waals surface area contributed by atoms with E-state index in [0.29, 0.717) is 6.42 Å². The summed E-state index contributed by atoms with van der Waals surface area (Å²) in [5.74, 6) is 0. The van der Waals surface area contributed by atoms with Crippen molar-refractivity contribution in [3.8, 4) is 0 Å². The van der Waals surface area contributed by atoms with Gasteiger partial charge in [-0.1, -0.05) is 60.7 Å². The largest absolute Gasteiger partial charge is 1.00 e. The fraction of sp³-hybridized carbons (Fsp3) is 0.143. The smallest absolute Gasteiger partial charge is 1.00 e. The molecule has 20 heavy (non-hydrogen) atoms. The zero-order valence-electron chi connectivity index (χ0n) is 12.2. The van der Waals surface area contributed by atoms with Gasteiger partial charge in [-0.25, -0.2) is 4.57 Å². The van der Waals surface area contributed by atoms with Crippen molar-refractivity contribution >= 4 is 7.82 Å². The Labute approximate surface area is 141 Å². The summed E-state index contributed by atoms with van der Waals surface area (Å²) in [5.41, 5.74) is 1.71. The third-order valence-electron chi connectivity index (χ3n) is 2.70. The Morgan fingerprint density at radius 2 is 1.50 bits per heavy atom. The van der Waals surface area contributed by atoms with Crippen LogP contribution in [-0.4, -0.2) is 9.79 Å². The Balaban J connectivity index is 0.00000200. The van der Waals surface area contributed by atoms with Gasteiger partial charge in [0.1, 0.15) is 0 Å². The molecule has 0 heterocycles. The molecule has 2 rings (SSSR count). The first-order valence-corrected chi connectivity index (χ1v) is 7.40. The predicted octanol–water partition coefficient (Wildman–Crippen LogP) is 0.196. The maximum Gasteiger partial charge on any atom is 1.00 e. The summed E-state index contributed by atoms with van der Waals surface area (Å²) in [7, 11) is -4.52. The van der Waals surface area contributed by atoms with Gasteiger partial charge in [0.25, 0.3) is 0 Å². The van der Waals surface area contributed by atoms with Gasteiger partial charge in [0, 0.05) is 6.42 Å². The van der Waals surface area contributed by atoms with E-state index in [9.17, 15) is 4.57 Å². The van der Waals surface area contributed by atoms with Crippen molar-refractivity contribution in [3.63, 3.8) is 0 Å². The maximum absolute atomic E-state index is 11.1.